The Morgan fingerprint density at radius 2 is 1.42 bits per heavy atom. The van der Waals surface area contributed by atoms with E-state index in [0.717, 1.165) is 39.5 Å². The molecular formula is C24H24N4O2S. The minimum atomic E-state index is 0.188. The standard InChI is InChI=1S/C24H24N4O2S/c1-29-20-10-6-16(7-11-20)22(25)18-4-3-5-19(14-18)23(27-15-28-24(26)31)17-8-12-21(30-2)13-9-17/h3-14,25H,15H2,1-2H3,(H3,26,28,31). The number of hydrogen-bond donors (Lipinski definition) is 3. The van der Waals surface area contributed by atoms with Gasteiger partial charge >= 0.3 is 0 Å². The minimum absolute atomic E-state index is 0.188. The first kappa shape index (κ1) is 22.0. The molecule has 0 fully saturated rings. The molecule has 0 bridgehead atoms. The lowest BCUT2D eigenvalue weighted by atomic mass is 9.96. The van der Waals surface area contributed by atoms with Gasteiger partial charge in [0, 0.05) is 22.3 Å². The first-order valence-electron chi connectivity index (χ1n) is 9.58. The maximum Gasteiger partial charge on any atom is 0.165 e. The molecule has 3 rings (SSSR count). The molecule has 3 aromatic rings. The fourth-order valence-electron chi connectivity index (χ4n) is 3.04. The molecule has 158 valence electrons. The third-order valence-corrected chi connectivity index (χ3v) is 4.80. The summed E-state index contributed by atoms with van der Waals surface area (Å²) in [4.78, 5) is 4.67. The zero-order chi connectivity index (χ0) is 22.2. The Hall–Kier alpha value is -3.71. The van der Waals surface area contributed by atoms with Gasteiger partial charge in [0.15, 0.2) is 5.11 Å². The number of ether oxygens (including phenoxy) is 2. The predicted octanol–water partition coefficient (Wildman–Crippen LogP) is 3.75. The van der Waals surface area contributed by atoms with Crippen molar-refractivity contribution >= 4 is 28.8 Å². The lowest BCUT2D eigenvalue weighted by Gasteiger charge is -2.12. The van der Waals surface area contributed by atoms with Crippen molar-refractivity contribution in [3.8, 4) is 11.5 Å². The smallest absolute Gasteiger partial charge is 0.165 e. The van der Waals surface area contributed by atoms with Crippen LogP contribution in [0.4, 0.5) is 0 Å². The summed E-state index contributed by atoms with van der Waals surface area (Å²) in [5.41, 5.74) is 10.1. The van der Waals surface area contributed by atoms with Crippen molar-refractivity contribution in [2.24, 2.45) is 10.7 Å². The van der Waals surface area contributed by atoms with E-state index < -0.39 is 0 Å². The van der Waals surface area contributed by atoms with Crippen LogP contribution in [-0.4, -0.2) is 37.4 Å². The Morgan fingerprint density at radius 3 is 1.97 bits per heavy atom. The van der Waals surface area contributed by atoms with E-state index in [1.807, 2.05) is 72.8 Å². The van der Waals surface area contributed by atoms with Crippen molar-refractivity contribution in [1.82, 2.24) is 5.32 Å². The average Bonchev–Trinajstić information content (AvgIpc) is 2.81. The van der Waals surface area contributed by atoms with Crippen molar-refractivity contribution in [2.75, 3.05) is 20.9 Å². The summed E-state index contributed by atoms with van der Waals surface area (Å²) in [5.74, 6) is 1.52. The van der Waals surface area contributed by atoms with Crippen LogP contribution in [0, 0.1) is 5.41 Å². The van der Waals surface area contributed by atoms with E-state index in [1.165, 1.54) is 0 Å². The quantitative estimate of drug-likeness (QED) is 0.372. The highest BCUT2D eigenvalue weighted by Crippen LogP contribution is 2.19. The fourth-order valence-corrected chi connectivity index (χ4v) is 3.11. The number of hydrogen-bond acceptors (Lipinski definition) is 5. The van der Waals surface area contributed by atoms with Crippen molar-refractivity contribution in [3.05, 3.63) is 95.1 Å². The molecule has 4 N–H and O–H groups in total. The first-order valence-corrected chi connectivity index (χ1v) is 9.98. The molecule has 0 aromatic heterocycles. The zero-order valence-electron chi connectivity index (χ0n) is 17.4. The van der Waals surface area contributed by atoms with E-state index in [9.17, 15) is 0 Å². The average molecular weight is 433 g/mol. The van der Waals surface area contributed by atoms with Gasteiger partial charge in [-0.3, -0.25) is 10.4 Å². The van der Waals surface area contributed by atoms with E-state index in [4.69, 9.17) is 32.8 Å². The summed E-state index contributed by atoms with van der Waals surface area (Å²) >= 11 is 4.88. The topological polar surface area (TPSA) is 92.7 Å². The molecule has 0 saturated heterocycles. The van der Waals surface area contributed by atoms with E-state index in [2.05, 4.69) is 10.3 Å². The van der Waals surface area contributed by atoms with Crippen molar-refractivity contribution in [1.29, 1.82) is 5.41 Å². The Morgan fingerprint density at radius 1 is 0.871 bits per heavy atom. The molecule has 0 aliphatic rings. The molecule has 6 nitrogen and oxygen atoms in total. The van der Waals surface area contributed by atoms with Gasteiger partial charge in [-0.2, -0.15) is 0 Å². The zero-order valence-corrected chi connectivity index (χ0v) is 18.2. The Kier molecular flexibility index (Phi) is 7.35. The number of thiocarbonyl (C=S) groups is 1. The molecular weight excluding hydrogens is 408 g/mol. The number of rotatable bonds is 8. The number of methoxy groups -OCH3 is 2. The molecule has 0 spiro atoms. The second-order valence-corrected chi connectivity index (χ2v) is 7.06. The maximum absolute atomic E-state index is 8.64. The minimum Gasteiger partial charge on any atom is -0.497 e. The molecule has 0 heterocycles. The molecule has 0 atom stereocenters. The first-order chi connectivity index (χ1) is 15.0. The van der Waals surface area contributed by atoms with Crippen LogP contribution in [0.3, 0.4) is 0 Å². The van der Waals surface area contributed by atoms with Crippen LogP contribution < -0.4 is 20.5 Å². The Labute approximate surface area is 187 Å². The van der Waals surface area contributed by atoms with Gasteiger partial charge in [-0.05, 0) is 66.8 Å². The van der Waals surface area contributed by atoms with Gasteiger partial charge < -0.3 is 20.5 Å². The number of nitrogens with two attached hydrogens (primary N) is 1. The van der Waals surface area contributed by atoms with Crippen molar-refractivity contribution < 1.29 is 9.47 Å². The molecule has 31 heavy (non-hydrogen) atoms. The van der Waals surface area contributed by atoms with E-state index in [-0.39, 0.29) is 11.8 Å². The molecule has 3 aromatic carbocycles. The van der Waals surface area contributed by atoms with Crippen LogP contribution in [0.15, 0.2) is 77.8 Å². The van der Waals surface area contributed by atoms with Crippen LogP contribution >= 0.6 is 12.2 Å². The second kappa shape index (κ2) is 10.4. The van der Waals surface area contributed by atoms with Crippen molar-refractivity contribution in [2.45, 2.75) is 0 Å². The highest BCUT2D eigenvalue weighted by Gasteiger charge is 2.11. The number of nitrogens with zero attached hydrogens (tertiary/aromatic N) is 1. The second-order valence-electron chi connectivity index (χ2n) is 6.62. The van der Waals surface area contributed by atoms with Crippen LogP contribution in [0.25, 0.3) is 0 Å². The predicted molar refractivity (Wildman–Crippen MR) is 129 cm³/mol. The lowest BCUT2D eigenvalue weighted by Crippen LogP contribution is -2.29. The van der Waals surface area contributed by atoms with Gasteiger partial charge in [0.1, 0.15) is 18.2 Å². The summed E-state index contributed by atoms with van der Waals surface area (Å²) in [5, 5.41) is 11.7. The summed E-state index contributed by atoms with van der Waals surface area (Å²) in [6.45, 7) is 0.247. The Balaban J connectivity index is 1.96. The van der Waals surface area contributed by atoms with E-state index in [1.54, 1.807) is 14.2 Å². The van der Waals surface area contributed by atoms with Gasteiger partial charge in [0.25, 0.3) is 0 Å². The lowest BCUT2D eigenvalue weighted by molar-refractivity contribution is 0.414. The van der Waals surface area contributed by atoms with Gasteiger partial charge in [-0.25, -0.2) is 0 Å². The van der Waals surface area contributed by atoms with Gasteiger partial charge in [-0.15, -0.1) is 0 Å². The molecule has 0 unspecified atom stereocenters. The van der Waals surface area contributed by atoms with Crippen LogP contribution in [0.5, 0.6) is 11.5 Å². The van der Waals surface area contributed by atoms with Crippen LogP contribution in [-0.2, 0) is 0 Å². The highest BCUT2D eigenvalue weighted by atomic mass is 32.1. The largest absolute Gasteiger partial charge is 0.497 e. The SMILES string of the molecule is COc1ccc(C(=N)c2cccc(C(=NCNC(N)=S)c3ccc(OC)cc3)c2)cc1. The molecule has 0 saturated carbocycles. The summed E-state index contributed by atoms with van der Waals surface area (Å²) in [6, 6.07) is 22.8. The molecule has 0 radical (unpaired) electrons. The number of aliphatic imine (C=N–C) groups is 1. The van der Waals surface area contributed by atoms with Gasteiger partial charge in [0.05, 0.1) is 25.6 Å². The third-order valence-electron chi connectivity index (χ3n) is 4.66. The highest BCUT2D eigenvalue weighted by molar-refractivity contribution is 7.80. The number of nitrogens with one attached hydrogen (secondary N) is 2. The molecule has 0 aliphatic heterocycles. The fraction of sp³-hybridized carbons (Fsp3) is 0.125. The van der Waals surface area contributed by atoms with E-state index >= 15 is 0 Å². The Bertz CT molecular complexity index is 1090. The normalized spacial score (nSPS) is 11.0. The van der Waals surface area contributed by atoms with Crippen molar-refractivity contribution in [3.63, 3.8) is 0 Å². The molecule has 7 heteroatoms. The summed E-state index contributed by atoms with van der Waals surface area (Å²) in [7, 11) is 3.25. The number of benzene rings is 3. The summed E-state index contributed by atoms with van der Waals surface area (Å²) in [6.07, 6.45) is 0. The molecule has 0 aliphatic carbocycles. The molecule has 0 amide bonds. The summed E-state index contributed by atoms with van der Waals surface area (Å²) < 4.78 is 10.5. The van der Waals surface area contributed by atoms with Crippen LogP contribution in [0.2, 0.25) is 0 Å². The third kappa shape index (κ3) is 5.67. The van der Waals surface area contributed by atoms with Crippen LogP contribution in [0.1, 0.15) is 22.3 Å². The van der Waals surface area contributed by atoms with Gasteiger partial charge in [0.2, 0.25) is 0 Å². The van der Waals surface area contributed by atoms with E-state index in [0.29, 0.717) is 5.71 Å². The van der Waals surface area contributed by atoms with Gasteiger partial charge in [-0.1, -0.05) is 18.2 Å². The monoisotopic (exact) mass is 432 g/mol. The maximum atomic E-state index is 8.64.